The number of alkyl halides is 2. The van der Waals surface area contributed by atoms with Gasteiger partial charge >= 0.3 is 6.61 Å². The molecule has 1 N–H and O–H groups in total. The van der Waals surface area contributed by atoms with Crippen LogP contribution in [0.2, 0.25) is 0 Å². The standard InChI is InChI=1S/C16H17F2NO/c1-11-7-3-5-9-14(11)19-12(2)13-8-4-6-10-15(13)20-16(17)18/h3-10,12,16,19H,1-2H3. The molecule has 0 spiro atoms. The van der Waals surface area contributed by atoms with Gasteiger partial charge in [-0.3, -0.25) is 0 Å². The number of nitrogens with one attached hydrogen (secondary N) is 1. The van der Waals surface area contributed by atoms with E-state index in [9.17, 15) is 8.78 Å². The fourth-order valence-electron chi connectivity index (χ4n) is 2.09. The molecule has 106 valence electrons. The van der Waals surface area contributed by atoms with Gasteiger partial charge in [-0.1, -0.05) is 36.4 Å². The highest BCUT2D eigenvalue weighted by Crippen LogP contribution is 2.29. The van der Waals surface area contributed by atoms with Crippen molar-refractivity contribution in [2.45, 2.75) is 26.5 Å². The molecule has 0 aromatic heterocycles. The van der Waals surface area contributed by atoms with E-state index in [-0.39, 0.29) is 11.8 Å². The van der Waals surface area contributed by atoms with Gasteiger partial charge in [0.1, 0.15) is 5.75 Å². The molecule has 0 saturated carbocycles. The molecule has 2 rings (SSSR count). The lowest BCUT2D eigenvalue weighted by Crippen LogP contribution is -2.11. The van der Waals surface area contributed by atoms with Crippen molar-refractivity contribution in [3.8, 4) is 5.75 Å². The van der Waals surface area contributed by atoms with Crippen LogP contribution in [-0.2, 0) is 0 Å². The number of anilines is 1. The number of aryl methyl sites for hydroxylation is 1. The molecule has 4 heteroatoms. The molecule has 2 aromatic carbocycles. The Morgan fingerprint density at radius 2 is 1.65 bits per heavy atom. The molecule has 2 nitrogen and oxygen atoms in total. The number of para-hydroxylation sites is 2. The average Bonchev–Trinajstić information content (AvgIpc) is 2.41. The van der Waals surface area contributed by atoms with Gasteiger partial charge in [-0.25, -0.2) is 0 Å². The number of hydrogen-bond acceptors (Lipinski definition) is 2. The first-order valence-corrected chi connectivity index (χ1v) is 6.44. The number of benzene rings is 2. The molecule has 20 heavy (non-hydrogen) atoms. The van der Waals surface area contributed by atoms with Gasteiger partial charge in [0.2, 0.25) is 0 Å². The van der Waals surface area contributed by atoms with Crippen LogP contribution in [0.4, 0.5) is 14.5 Å². The fourth-order valence-corrected chi connectivity index (χ4v) is 2.09. The Labute approximate surface area is 117 Å². The summed E-state index contributed by atoms with van der Waals surface area (Å²) in [6, 6.07) is 14.5. The second kappa shape index (κ2) is 6.37. The third kappa shape index (κ3) is 3.47. The molecule has 0 aliphatic carbocycles. The number of ether oxygens (including phenoxy) is 1. The van der Waals surface area contributed by atoms with Gasteiger partial charge in [-0.05, 0) is 31.5 Å². The van der Waals surface area contributed by atoms with Crippen LogP contribution in [0.1, 0.15) is 24.1 Å². The topological polar surface area (TPSA) is 21.3 Å². The van der Waals surface area contributed by atoms with Crippen LogP contribution in [0.5, 0.6) is 5.75 Å². The van der Waals surface area contributed by atoms with Gasteiger partial charge in [0.25, 0.3) is 0 Å². The van der Waals surface area contributed by atoms with E-state index in [2.05, 4.69) is 10.1 Å². The smallest absolute Gasteiger partial charge is 0.387 e. The first kappa shape index (κ1) is 14.3. The van der Waals surface area contributed by atoms with Gasteiger partial charge in [-0.2, -0.15) is 8.78 Å². The van der Waals surface area contributed by atoms with Gasteiger partial charge < -0.3 is 10.1 Å². The molecule has 0 radical (unpaired) electrons. The Morgan fingerprint density at radius 3 is 2.35 bits per heavy atom. The van der Waals surface area contributed by atoms with Crippen molar-refractivity contribution >= 4 is 5.69 Å². The van der Waals surface area contributed by atoms with Crippen molar-refractivity contribution < 1.29 is 13.5 Å². The lowest BCUT2D eigenvalue weighted by molar-refractivity contribution is -0.0505. The first-order chi connectivity index (χ1) is 9.58. The third-order valence-corrected chi connectivity index (χ3v) is 3.12. The minimum absolute atomic E-state index is 0.133. The second-order valence-corrected chi connectivity index (χ2v) is 4.60. The van der Waals surface area contributed by atoms with E-state index < -0.39 is 6.61 Å². The molecule has 0 fully saturated rings. The molecular weight excluding hydrogens is 260 g/mol. The largest absolute Gasteiger partial charge is 0.434 e. The molecule has 1 unspecified atom stereocenters. The summed E-state index contributed by atoms with van der Waals surface area (Å²) in [6.45, 7) is 1.10. The zero-order valence-corrected chi connectivity index (χ0v) is 11.4. The number of hydrogen-bond donors (Lipinski definition) is 1. The maximum Gasteiger partial charge on any atom is 0.387 e. The van der Waals surface area contributed by atoms with Crippen molar-refractivity contribution in [1.82, 2.24) is 0 Å². The summed E-state index contributed by atoms with van der Waals surface area (Å²) in [7, 11) is 0. The minimum atomic E-state index is -2.82. The van der Waals surface area contributed by atoms with Crippen LogP contribution < -0.4 is 10.1 Å². The minimum Gasteiger partial charge on any atom is -0.434 e. The first-order valence-electron chi connectivity index (χ1n) is 6.44. The Morgan fingerprint density at radius 1 is 1.00 bits per heavy atom. The summed E-state index contributed by atoms with van der Waals surface area (Å²) in [5, 5.41) is 3.32. The average molecular weight is 277 g/mol. The van der Waals surface area contributed by atoms with Crippen LogP contribution >= 0.6 is 0 Å². The highest BCUT2D eigenvalue weighted by molar-refractivity contribution is 5.52. The van der Waals surface area contributed by atoms with E-state index in [4.69, 9.17) is 0 Å². The van der Waals surface area contributed by atoms with Gasteiger partial charge in [0.05, 0.1) is 6.04 Å². The molecule has 0 heterocycles. The van der Waals surface area contributed by atoms with E-state index in [0.29, 0.717) is 5.56 Å². The van der Waals surface area contributed by atoms with Crippen molar-refractivity contribution in [2.24, 2.45) is 0 Å². The van der Waals surface area contributed by atoms with Crippen LogP contribution in [0, 0.1) is 6.92 Å². The predicted molar refractivity (Wildman–Crippen MR) is 76.3 cm³/mol. The Hall–Kier alpha value is -2.10. The Balaban J connectivity index is 2.21. The summed E-state index contributed by atoms with van der Waals surface area (Å²) in [5.41, 5.74) is 2.79. The Kier molecular flexibility index (Phi) is 4.56. The molecule has 1 atom stereocenters. The zero-order chi connectivity index (χ0) is 14.5. The number of rotatable bonds is 5. The lowest BCUT2D eigenvalue weighted by Gasteiger charge is -2.20. The maximum absolute atomic E-state index is 12.4. The van der Waals surface area contributed by atoms with Crippen LogP contribution in [-0.4, -0.2) is 6.61 Å². The van der Waals surface area contributed by atoms with Gasteiger partial charge in [0, 0.05) is 11.3 Å². The number of halogens is 2. The maximum atomic E-state index is 12.4. The summed E-state index contributed by atoms with van der Waals surface area (Å²) < 4.78 is 29.4. The monoisotopic (exact) mass is 277 g/mol. The van der Waals surface area contributed by atoms with Crippen molar-refractivity contribution in [1.29, 1.82) is 0 Å². The highest BCUT2D eigenvalue weighted by atomic mass is 19.3. The predicted octanol–water partition coefficient (Wildman–Crippen LogP) is 4.77. The van der Waals surface area contributed by atoms with E-state index in [1.54, 1.807) is 18.2 Å². The summed E-state index contributed by atoms with van der Waals surface area (Å²) in [5.74, 6) is 0.205. The molecule has 0 aliphatic rings. The van der Waals surface area contributed by atoms with Crippen molar-refractivity contribution in [3.63, 3.8) is 0 Å². The third-order valence-electron chi connectivity index (χ3n) is 3.12. The van der Waals surface area contributed by atoms with Gasteiger partial charge in [0.15, 0.2) is 0 Å². The van der Waals surface area contributed by atoms with Crippen molar-refractivity contribution in [2.75, 3.05) is 5.32 Å². The van der Waals surface area contributed by atoms with E-state index in [1.807, 2.05) is 44.2 Å². The van der Waals surface area contributed by atoms with E-state index in [0.717, 1.165) is 11.3 Å². The molecule has 0 bridgehead atoms. The second-order valence-electron chi connectivity index (χ2n) is 4.60. The molecule has 0 saturated heterocycles. The lowest BCUT2D eigenvalue weighted by atomic mass is 10.1. The van der Waals surface area contributed by atoms with Crippen LogP contribution in [0.25, 0.3) is 0 Å². The SMILES string of the molecule is Cc1ccccc1NC(C)c1ccccc1OC(F)F. The zero-order valence-electron chi connectivity index (χ0n) is 11.4. The molecule has 2 aromatic rings. The normalized spacial score (nSPS) is 12.2. The fraction of sp³-hybridized carbons (Fsp3) is 0.250. The Bertz CT molecular complexity index is 572. The van der Waals surface area contributed by atoms with Crippen LogP contribution in [0.3, 0.4) is 0 Å². The molecule has 0 amide bonds. The highest BCUT2D eigenvalue weighted by Gasteiger charge is 2.14. The summed E-state index contributed by atoms with van der Waals surface area (Å²) in [6.07, 6.45) is 0. The molecule has 0 aliphatic heterocycles. The van der Waals surface area contributed by atoms with Crippen molar-refractivity contribution in [3.05, 3.63) is 59.7 Å². The molecular formula is C16H17F2NO. The summed E-state index contributed by atoms with van der Waals surface area (Å²) in [4.78, 5) is 0. The quantitative estimate of drug-likeness (QED) is 0.850. The van der Waals surface area contributed by atoms with E-state index in [1.165, 1.54) is 0 Å². The summed E-state index contributed by atoms with van der Waals surface area (Å²) >= 11 is 0. The van der Waals surface area contributed by atoms with E-state index >= 15 is 0 Å². The van der Waals surface area contributed by atoms with Gasteiger partial charge in [-0.15, -0.1) is 0 Å². The van der Waals surface area contributed by atoms with Crippen LogP contribution in [0.15, 0.2) is 48.5 Å².